The van der Waals surface area contributed by atoms with E-state index in [1.165, 1.54) is 16.9 Å². The van der Waals surface area contributed by atoms with Gasteiger partial charge >= 0.3 is 0 Å². The van der Waals surface area contributed by atoms with Gasteiger partial charge in [0.05, 0.1) is 5.39 Å². The number of fused-ring (bicyclic) bond motifs is 3. The molecule has 0 bridgehead atoms. The fourth-order valence-electron chi connectivity index (χ4n) is 3.51. The van der Waals surface area contributed by atoms with Crippen molar-refractivity contribution in [1.82, 2.24) is 9.97 Å². The van der Waals surface area contributed by atoms with E-state index in [0.717, 1.165) is 35.0 Å². The molecule has 1 aliphatic rings. The van der Waals surface area contributed by atoms with Gasteiger partial charge < -0.3 is 10.3 Å². The highest BCUT2D eigenvalue weighted by molar-refractivity contribution is 7.18. The summed E-state index contributed by atoms with van der Waals surface area (Å²) in [6.07, 6.45) is 4.93. The monoisotopic (exact) mass is 401 g/mol. The standard InChI is InChI=1S/C20H20ClN3O2S/c1-11-13(21)6-4-7-14(11)22-17(25)10-9-16-23-19(26)18-12-5-2-3-8-15(12)27-20(18)24-16/h4,6-7H,2-3,5,8-10H2,1H3,(H,22,25)(H,23,24,26). The first-order valence-corrected chi connectivity index (χ1v) is 10.3. The van der Waals surface area contributed by atoms with E-state index in [0.29, 0.717) is 23.0 Å². The van der Waals surface area contributed by atoms with Crippen LogP contribution in [0.1, 0.15) is 41.1 Å². The molecular formula is C20H20ClN3O2S. The van der Waals surface area contributed by atoms with Crippen LogP contribution in [0.25, 0.3) is 10.2 Å². The van der Waals surface area contributed by atoms with Crippen LogP contribution < -0.4 is 10.9 Å². The molecule has 4 rings (SSSR count). The van der Waals surface area contributed by atoms with Gasteiger partial charge in [-0.1, -0.05) is 17.7 Å². The molecule has 0 radical (unpaired) electrons. The lowest BCUT2D eigenvalue weighted by Crippen LogP contribution is -2.17. The number of hydrogen-bond acceptors (Lipinski definition) is 4. The zero-order valence-electron chi connectivity index (χ0n) is 15.0. The number of rotatable bonds is 4. The highest BCUT2D eigenvalue weighted by atomic mass is 35.5. The lowest BCUT2D eigenvalue weighted by Gasteiger charge is -2.10. The number of nitrogens with one attached hydrogen (secondary N) is 2. The van der Waals surface area contributed by atoms with Crippen molar-refractivity contribution in [2.24, 2.45) is 0 Å². The van der Waals surface area contributed by atoms with Crippen LogP contribution in [0, 0.1) is 6.92 Å². The molecule has 0 atom stereocenters. The van der Waals surface area contributed by atoms with Crippen LogP contribution in [0.3, 0.4) is 0 Å². The fourth-order valence-corrected chi connectivity index (χ4v) is 4.97. The van der Waals surface area contributed by atoms with E-state index in [9.17, 15) is 9.59 Å². The van der Waals surface area contributed by atoms with Crippen molar-refractivity contribution in [1.29, 1.82) is 0 Å². The van der Waals surface area contributed by atoms with Gasteiger partial charge in [-0.2, -0.15) is 0 Å². The van der Waals surface area contributed by atoms with E-state index in [1.54, 1.807) is 23.5 Å². The second kappa shape index (κ2) is 7.44. The Morgan fingerprint density at radius 1 is 1.33 bits per heavy atom. The minimum Gasteiger partial charge on any atom is -0.326 e. The highest BCUT2D eigenvalue weighted by Crippen LogP contribution is 2.33. The third-order valence-electron chi connectivity index (χ3n) is 5.00. The van der Waals surface area contributed by atoms with Gasteiger partial charge in [0.25, 0.3) is 5.56 Å². The number of amides is 1. The van der Waals surface area contributed by atoms with E-state index < -0.39 is 0 Å². The van der Waals surface area contributed by atoms with E-state index in [1.807, 2.05) is 13.0 Å². The maximum absolute atomic E-state index is 12.5. The Morgan fingerprint density at radius 3 is 3.00 bits per heavy atom. The van der Waals surface area contributed by atoms with Gasteiger partial charge in [-0.05, 0) is 55.9 Å². The molecule has 0 saturated carbocycles. The Balaban J connectivity index is 1.50. The minimum absolute atomic E-state index is 0.0829. The number of halogens is 1. The summed E-state index contributed by atoms with van der Waals surface area (Å²) in [5.41, 5.74) is 2.64. The largest absolute Gasteiger partial charge is 0.326 e. The van der Waals surface area contributed by atoms with Crippen LogP contribution in [0.2, 0.25) is 5.02 Å². The van der Waals surface area contributed by atoms with Crippen LogP contribution in [0.4, 0.5) is 5.69 Å². The average Bonchev–Trinajstić information content (AvgIpc) is 3.02. The SMILES string of the molecule is Cc1c(Cl)cccc1NC(=O)CCc1nc2sc3c(c2c(=O)[nH]1)CCCC3. The number of benzene rings is 1. The third kappa shape index (κ3) is 3.64. The molecule has 27 heavy (non-hydrogen) atoms. The molecule has 2 heterocycles. The van der Waals surface area contributed by atoms with Gasteiger partial charge in [-0.25, -0.2) is 4.98 Å². The topological polar surface area (TPSA) is 74.8 Å². The van der Waals surface area contributed by atoms with Crippen molar-refractivity contribution in [3.8, 4) is 0 Å². The second-order valence-electron chi connectivity index (χ2n) is 6.86. The smallest absolute Gasteiger partial charge is 0.259 e. The average molecular weight is 402 g/mol. The predicted octanol–water partition coefficient (Wildman–Crippen LogP) is 4.40. The molecule has 1 amide bonds. The van der Waals surface area contributed by atoms with Crippen LogP contribution in [0.15, 0.2) is 23.0 Å². The van der Waals surface area contributed by atoms with E-state index >= 15 is 0 Å². The zero-order chi connectivity index (χ0) is 19.0. The first kappa shape index (κ1) is 18.2. The van der Waals surface area contributed by atoms with Crippen molar-refractivity contribution in [2.45, 2.75) is 45.4 Å². The maximum Gasteiger partial charge on any atom is 0.259 e. The maximum atomic E-state index is 12.5. The van der Waals surface area contributed by atoms with Gasteiger partial charge in [0.15, 0.2) is 0 Å². The Hall–Kier alpha value is -2.18. The molecule has 3 aromatic rings. The summed E-state index contributed by atoms with van der Waals surface area (Å²) in [5.74, 6) is 0.428. The molecule has 0 fully saturated rings. The lowest BCUT2D eigenvalue weighted by atomic mass is 9.97. The summed E-state index contributed by atoms with van der Waals surface area (Å²) < 4.78 is 0. The predicted molar refractivity (Wildman–Crippen MR) is 110 cm³/mol. The molecule has 1 aromatic carbocycles. The summed E-state index contributed by atoms with van der Waals surface area (Å²) in [4.78, 5) is 34.4. The van der Waals surface area contributed by atoms with E-state index in [-0.39, 0.29) is 17.9 Å². The van der Waals surface area contributed by atoms with Gasteiger partial charge in [0.1, 0.15) is 10.7 Å². The summed E-state index contributed by atoms with van der Waals surface area (Å²) >= 11 is 7.71. The molecule has 0 unspecified atom stereocenters. The van der Waals surface area contributed by atoms with E-state index in [4.69, 9.17) is 11.6 Å². The lowest BCUT2D eigenvalue weighted by molar-refractivity contribution is -0.116. The van der Waals surface area contributed by atoms with Crippen molar-refractivity contribution in [3.05, 3.63) is 55.4 Å². The number of thiophene rings is 1. The zero-order valence-corrected chi connectivity index (χ0v) is 16.6. The number of aromatic nitrogens is 2. The Bertz CT molecular complexity index is 1090. The molecular weight excluding hydrogens is 382 g/mol. The van der Waals surface area contributed by atoms with Gasteiger partial charge in [0.2, 0.25) is 5.91 Å². The Morgan fingerprint density at radius 2 is 2.15 bits per heavy atom. The first-order chi connectivity index (χ1) is 13.0. The summed E-state index contributed by atoms with van der Waals surface area (Å²) in [6, 6.07) is 5.41. The molecule has 0 saturated heterocycles. The van der Waals surface area contributed by atoms with Crippen molar-refractivity contribution < 1.29 is 4.79 Å². The normalized spacial score (nSPS) is 13.6. The quantitative estimate of drug-likeness (QED) is 0.680. The van der Waals surface area contributed by atoms with Gasteiger partial charge in [-0.15, -0.1) is 11.3 Å². The molecule has 5 nitrogen and oxygen atoms in total. The number of aromatic amines is 1. The molecule has 2 N–H and O–H groups in total. The summed E-state index contributed by atoms with van der Waals surface area (Å²) in [7, 11) is 0. The molecule has 7 heteroatoms. The summed E-state index contributed by atoms with van der Waals surface area (Å²) in [5, 5.41) is 4.24. The van der Waals surface area contributed by atoms with Crippen LogP contribution >= 0.6 is 22.9 Å². The van der Waals surface area contributed by atoms with Gasteiger partial charge in [0, 0.05) is 28.4 Å². The molecule has 140 valence electrons. The fraction of sp³-hybridized carbons (Fsp3) is 0.350. The Labute approximate surface area is 165 Å². The third-order valence-corrected chi connectivity index (χ3v) is 6.60. The minimum atomic E-state index is -0.131. The molecule has 1 aliphatic carbocycles. The van der Waals surface area contributed by atoms with Crippen molar-refractivity contribution >= 4 is 44.7 Å². The van der Waals surface area contributed by atoms with Crippen LogP contribution in [-0.4, -0.2) is 15.9 Å². The number of H-pyrrole nitrogens is 1. The number of carbonyl (C=O) groups is 1. The second-order valence-corrected chi connectivity index (χ2v) is 8.36. The first-order valence-electron chi connectivity index (χ1n) is 9.11. The Kier molecular flexibility index (Phi) is 5.02. The molecule has 0 aliphatic heterocycles. The number of aryl methyl sites for hydroxylation is 3. The van der Waals surface area contributed by atoms with Crippen LogP contribution in [-0.2, 0) is 24.1 Å². The molecule has 2 aromatic heterocycles. The molecule has 0 spiro atoms. The van der Waals surface area contributed by atoms with Gasteiger partial charge in [-0.3, -0.25) is 9.59 Å². The number of nitrogens with zero attached hydrogens (tertiary/aromatic N) is 1. The number of hydrogen-bond donors (Lipinski definition) is 2. The number of anilines is 1. The number of carbonyl (C=O) groups excluding carboxylic acids is 1. The van der Waals surface area contributed by atoms with E-state index in [2.05, 4.69) is 15.3 Å². The van der Waals surface area contributed by atoms with Crippen molar-refractivity contribution in [2.75, 3.05) is 5.32 Å². The highest BCUT2D eigenvalue weighted by Gasteiger charge is 2.20. The van der Waals surface area contributed by atoms with Crippen molar-refractivity contribution in [3.63, 3.8) is 0 Å². The van der Waals surface area contributed by atoms with Crippen LogP contribution in [0.5, 0.6) is 0 Å². The summed E-state index contributed by atoms with van der Waals surface area (Å²) in [6.45, 7) is 1.86.